The molecule has 0 saturated carbocycles. The normalized spacial score (nSPS) is 12.7. The van der Waals surface area contributed by atoms with Gasteiger partial charge in [-0.2, -0.15) is 0 Å². The van der Waals surface area contributed by atoms with Gasteiger partial charge in [-0.1, -0.05) is 110 Å². The molecule has 0 amide bonds. The summed E-state index contributed by atoms with van der Waals surface area (Å²) in [6.07, 6.45) is 20.6. The van der Waals surface area contributed by atoms with Crippen LogP contribution in [0.25, 0.3) is 0 Å². The fourth-order valence-corrected chi connectivity index (χ4v) is 3.88. The van der Waals surface area contributed by atoms with Gasteiger partial charge in [-0.25, -0.2) is 8.42 Å². The summed E-state index contributed by atoms with van der Waals surface area (Å²) in [7, 11) is -4.34. The Morgan fingerprint density at radius 3 is 1.27 bits per heavy atom. The van der Waals surface area contributed by atoms with Crippen molar-refractivity contribution in [1.82, 2.24) is 0 Å². The molecule has 1 unspecified atom stereocenters. The number of aliphatic hydroxyl groups excluding tert-OH is 1. The minimum atomic E-state index is -4.34. The van der Waals surface area contributed by atoms with Crippen molar-refractivity contribution < 1.29 is 47.6 Å². The molecule has 0 fully saturated rings. The summed E-state index contributed by atoms with van der Waals surface area (Å²) in [6.45, 7) is 1.71. The van der Waals surface area contributed by atoms with Crippen LogP contribution in [0.1, 0.15) is 116 Å². The Bertz CT molecular complexity index is 374. The van der Waals surface area contributed by atoms with Gasteiger partial charge in [-0.3, -0.25) is 0 Å². The van der Waals surface area contributed by atoms with Crippen molar-refractivity contribution in [2.75, 3.05) is 6.61 Å². The zero-order valence-electron chi connectivity index (χ0n) is 17.4. The molecule has 0 aliphatic carbocycles. The number of aliphatic hydroxyl groups is 1. The van der Waals surface area contributed by atoms with Crippen LogP contribution >= 0.6 is 0 Å². The Balaban J connectivity index is 0. The van der Waals surface area contributed by atoms with E-state index in [1.165, 1.54) is 83.5 Å². The van der Waals surface area contributed by atoms with Crippen LogP contribution < -0.4 is 29.6 Å². The van der Waals surface area contributed by atoms with Crippen LogP contribution in [0, 0.1) is 0 Å². The van der Waals surface area contributed by atoms with Gasteiger partial charge < -0.3 is 9.66 Å². The van der Waals surface area contributed by atoms with Crippen LogP contribution in [0.5, 0.6) is 0 Å². The third-order valence-corrected chi connectivity index (χ3v) is 6.19. The average molecular weight is 401 g/mol. The molecule has 0 heterocycles. The zero-order chi connectivity index (χ0) is 18.8. The minimum Gasteiger partial charge on any atom is -0.748 e. The topological polar surface area (TPSA) is 77.4 Å². The molecule has 6 heteroatoms. The Hall–Kier alpha value is 0.870. The molecular formula is C20H41NaO4S. The van der Waals surface area contributed by atoms with Gasteiger partial charge in [0.25, 0.3) is 0 Å². The molecule has 26 heavy (non-hydrogen) atoms. The van der Waals surface area contributed by atoms with Crippen LogP contribution in [0.4, 0.5) is 0 Å². The van der Waals surface area contributed by atoms with Gasteiger partial charge in [0, 0.05) is 0 Å². The van der Waals surface area contributed by atoms with E-state index in [1.807, 2.05) is 0 Å². The Kier molecular flexibility index (Phi) is 23.0. The van der Waals surface area contributed by atoms with Gasteiger partial charge in [0.1, 0.15) is 0 Å². The largest absolute Gasteiger partial charge is 1.00 e. The first kappa shape index (κ1) is 29.1. The fraction of sp³-hybridized carbons (Fsp3) is 1.00. The van der Waals surface area contributed by atoms with Crippen LogP contribution in [0.3, 0.4) is 0 Å². The third-order valence-electron chi connectivity index (χ3n) is 4.99. The summed E-state index contributed by atoms with van der Waals surface area (Å²) < 4.78 is 32.5. The van der Waals surface area contributed by atoms with Gasteiger partial charge >= 0.3 is 29.6 Å². The fourth-order valence-electron chi connectivity index (χ4n) is 3.25. The summed E-state index contributed by atoms with van der Waals surface area (Å²) in [5.74, 6) is 0. The monoisotopic (exact) mass is 400 g/mol. The van der Waals surface area contributed by atoms with Crippen molar-refractivity contribution in [3.63, 3.8) is 0 Å². The van der Waals surface area contributed by atoms with Crippen LogP contribution in [-0.4, -0.2) is 29.9 Å². The molecule has 1 atom stereocenters. The molecule has 1 N–H and O–H groups in total. The van der Waals surface area contributed by atoms with E-state index < -0.39 is 22.0 Å². The molecule has 152 valence electrons. The van der Waals surface area contributed by atoms with Crippen molar-refractivity contribution in [3.8, 4) is 0 Å². The summed E-state index contributed by atoms with van der Waals surface area (Å²) in [5, 5.41) is 7.80. The number of rotatable bonds is 19. The molecule has 0 aromatic heterocycles. The van der Waals surface area contributed by atoms with E-state index in [9.17, 15) is 13.0 Å². The van der Waals surface area contributed by atoms with E-state index >= 15 is 0 Å². The Morgan fingerprint density at radius 2 is 1.00 bits per heavy atom. The Morgan fingerprint density at radius 1 is 0.692 bits per heavy atom. The van der Waals surface area contributed by atoms with Gasteiger partial charge in [0.2, 0.25) is 0 Å². The third kappa shape index (κ3) is 19.6. The van der Waals surface area contributed by atoms with Gasteiger partial charge in [-0.15, -0.1) is 0 Å². The maximum absolute atomic E-state index is 10.8. The Labute approximate surface area is 185 Å². The van der Waals surface area contributed by atoms with E-state index in [2.05, 4.69) is 6.92 Å². The smallest absolute Gasteiger partial charge is 0.748 e. The number of unbranched alkanes of at least 4 members (excludes halogenated alkanes) is 15. The quantitative estimate of drug-likeness (QED) is 0.205. The van der Waals surface area contributed by atoms with Crippen molar-refractivity contribution in [1.29, 1.82) is 0 Å². The van der Waals surface area contributed by atoms with E-state index in [0.29, 0.717) is 12.8 Å². The molecule has 0 aromatic carbocycles. The maximum Gasteiger partial charge on any atom is 1.00 e. The van der Waals surface area contributed by atoms with E-state index in [-0.39, 0.29) is 29.6 Å². The van der Waals surface area contributed by atoms with Crippen LogP contribution in [0.15, 0.2) is 0 Å². The van der Waals surface area contributed by atoms with Crippen molar-refractivity contribution >= 4 is 10.1 Å². The van der Waals surface area contributed by atoms with Crippen molar-refractivity contribution in [2.45, 2.75) is 121 Å². The predicted molar refractivity (Wildman–Crippen MR) is 105 cm³/mol. The summed E-state index contributed by atoms with van der Waals surface area (Å²) in [5.41, 5.74) is 0. The molecule has 0 spiro atoms. The van der Waals surface area contributed by atoms with Gasteiger partial charge in [-0.05, 0) is 6.42 Å². The first-order valence-corrected chi connectivity index (χ1v) is 12.0. The number of hydrogen-bond donors (Lipinski definition) is 1. The van der Waals surface area contributed by atoms with Gasteiger partial charge in [0.05, 0.1) is 22.0 Å². The predicted octanol–water partition coefficient (Wildman–Crippen LogP) is 2.55. The van der Waals surface area contributed by atoms with Crippen LogP contribution in [0.2, 0.25) is 0 Å². The number of hydrogen-bond acceptors (Lipinski definition) is 4. The molecule has 0 radical (unpaired) electrons. The standard InChI is InChI=1S/C20H42O4S.Na/c1-2-3-4-5-6-7-8-9-10-11-12-13-14-15-16-17-18-20(19-21)25(22,23)24;/h20-21H,2-19H2,1H3,(H,22,23,24);/q;+1/p-1. The second-order valence-electron chi connectivity index (χ2n) is 7.39. The molecule has 0 aromatic rings. The molecule has 0 aliphatic heterocycles. The summed E-state index contributed by atoms with van der Waals surface area (Å²) in [4.78, 5) is 0. The van der Waals surface area contributed by atoms with E-state index in [1.54, 1.807) is 0 Å². The SMILES string of the molecule is CCCCCCCCCCCCCCCCCCC(CO)S(=O)(=O)[O-].[Na+]. The maximum atomic E-state index is 10.8. The first-order chi connectivity index (χ1) is 12.0. The molecule has 0 rings (SSSR count). The molecule has 0 aliphatic rings. The molecule has 0 bridgehead atoms. The van der Waals surface area contributed by atoms with E-state index in [0.717, 1.165) is 12.8 Å². The zero-order valence-corrected chi connectivity index (χ0v) is 20.2. The molecular weight excluding hydrogens is 359 g/mol. The molecule has 0 saturated heterocycles. The first-order valence-electron chi connectivity index (χ1n) is 10.6. The average Bonchev–Trinajstić information content (AvgIpc) is 2.56. The summed E-state index contributed by atoms with van der Waals surface area (Å²) >= 11 is 0. The second-order valence-corrected chi connectivity index (χ2v) is 9.04. The van der Waals surface area contributed by atoms with Crippen molar-refractivity contribution in [3.05, 3.63) is 0 Å². The van der Waals surface area contributed by atoms with Crippen molar-refractivity contribution in [2.24, 2.45) is 0 Å². The van der Waals surface area contributed by atoms with Gasteiger partial charge in [0.15, 0.2) is 0 Å². The van der Waals surface area contributed by atoms with E-state index in [4.69, 9.17) is 5.11 Å². The van der Waals surface area contributed by atoms with Crippen LogP contribution in [-0.2, 0) is 10.1 Å². The molecule has 4 nitrogen and oxygen atoms in total. The second kappa shape index (κ2) is 20.6. The summed E-state index contributed by atoms with van der Waals surface area (Å²) in [6, 6.07) is 0. The minimum absolute atomic E-state index is 0.